The Balaban J connectivity index is 1.67. The maximum atomic E-state index is 12.1. The lowest BCUT2D eigenvalue weighted by Crippen LogP contribution is -2.20. The molecule has 0 heterocycles. The largest absolute Gasteiger partial charge is 0.484 e. The van der Waals surface area contributed by atoms with Gasteiger partial charge in [0, 0.05) is 22.7 Å². The van der Waals surface area contributed by atoms with Gasteiger partial charge in [0.1, 0.15) is 5.75 Å². The van der Waals surface area contributed by atoms with E-state index in [4.69, 9.17) is 4.74 Å². The third kappa shape index (κ3) is 3.74. The molecule has 0 saturated heterocycles. The number of carbonyl (C=O) groups excluding carboxylic acids is 1. The Morgan fingerprint density at radius 1 is 1.12 bits per heavy atom. The Morgan fingerprint density at radius 3 is 2.64 bits per heavy atom. The molecule has 3 aromatic carbocycles. The van der Waals surface area contributed by atoms with Crippen LogP contribution in [0, 0.1) is 17.0 Å². The molecule has 3 rings (SSSR count). The first kappa shape index (κ1) is 16.4. The molecular formula is C19H16N2O4. The molecule has 0 aliphatic heterocycles. The van der Waals surface area contributed by atoms with Crippen molar-refractivity contribution in [3.63, 3.8) is 0 Å². The molecule has 6 heteroatoms. The molecule has 0 aliphatic carbocycles. The molecule has 0 saturated carbocycles. The summed E-state index contributed by atoms with van der Waals surface area (Å²) in [5.74, 6) is 0.114. The van der Waals surface area contributed by atoms with Crippen molar-refractivity contribution in [1.29, 1.82) is 0 Å². The summed E-state index contributed by atoms with van der Waals surface area (Å²) in [6.45, 7) is 1.45. The highest BCUT2D eigenvalue weighted by Gasteiger charge is 2.12. The second-order valence-corrected chi connectivity index (χ2v) is 5.57. The molecule has 0 aromatic heterocycles. The number of carbonyl (C=O) groups is 1. The Kier molecular flexibility index (Phi) is 4.61. The van der Waals surface area contributed by atoms with Crippen molar-refractivity contribution >= 4 is 28.1 Å². The second kappa shape index (κ2) is 7.00. The van der Waals surface area contributed by atoms with Crippen molar-refractivity contribution in [1.82, 2.24) is 0 Å². The summed E-state index contributed by atoms with van der Waals surface area (Å²) in [5, 5.41) is 15.6. The van der Waals surface area contributed by atoms with Crippen LogP contribution in [0.1, 0.15) is 5.56 Å². The van der Waals surface area contributed by atoms with Crippen molar-refractivity contribution in [2.24, 2.45) is 0 Å². The lowest BCUT2D eigenvalue weighted by atomic mass is 10.1. The van der Waals surface area contributed by atoms with Gasteiger partial charge in [0.2, 0.25) is 0 Å². The molecule has 0 radical (unpaired) electrons. The minimum absolute atomic E-state index is 0.0209. The zero-order valence-electron chi connectivity index (χ0n) is 13.6. The highest BCUT2D eigenvalue weighted by Crippen LogP contribution is 2.24. The quantitative estimate of drug-likeness (QED) is 0.562. The zero-order valence-corrected chi connectivity index (χ0v) is 13.6. The van der Waals surface area contributed by atoms with Crippen molar-refractivity contribution in [3.8, 4) is 5.75 Å². The fourth-order valence-electron chi connectivity index (χ4n) is 2.59. The van der Waals surface area contributed by atoms with Gasteiger partial charge in [-0.2, -0.15) is 0 Å². The monoisotopic (exact) mass is 336 g/mol. The average molecular weight is 336 g/mol. The van der Waals surface area contributed by atoms with Crippen molar-refractivity contribution in [2.75, 3.05) is 11.9 Å². The van der Waals surface area contributed by atoms with E-state index in [1.54, 1.807) is 13.0 Å². The lowest BCUT2D eigenvalue weighted by Gasteiger charge is -2.10. The molecule has 126 valence electrons. The Bertz CT molecular complexity index is 948. The lowest BCUT2D eigenvalue weighted by molar-refractivity contribution is -0.385. The minimum atomic E-state index is -0.452. The predicted octanol–water partition coefficient (Wildman–Crippen LogP) is 4.07. The maximum absolute atomic E-state index is 12.1. The molecule has 0 spiro atoms. The van der Waals surface area contributed by atoms with Gasteiger partial charge in [-0.05, 0) is 30.5 Å². The topological polar surface area (TPSA) is 81.5 Å². The number of nitrogens with zero attached hydrogens (tertiary/aromatic N) is 1. The van der Waals surface area contributed by atoms with E-state index in [0.717, 1.165) is 10.8 Å². The Labute approximate surface area is 144 Å². The van der Waals surface area contributed by atoms with Gasteiger partial charge in [0.15, 0.2) is 6.61 Å². The fourth-order valence-corrected chi connectivity index (χ4v) is 2.59. The van der Waals surface area contributed by atoms with Crippen LogP contribution < -0.4 is 10.1 Å². The molecule has 3 aromatic rings. The Hall–Kier alpha value is -3.41. The molecule has 25 heavy (non-hydrogen) atoms. The summed E-state index contributed by atoms with van der Waals surface area (Å²) in [5.41, 5.74) is 1.22. The van der Waals surface area contributed by atoms with Crippen LogP contribution in [-0.4, -0.2) is 17.4 Å². The number of rotatable bonds is 5. The van der Waals surface area contributed by atoms with E-state index < -0.39 is 4.92 Å². The summed E-state index contributed by atoms with van der Waals surface area (Å²) in [6.07, 6.45) is 0. The molecule has 0 unspecified atom stereocenters. The molecule has 6 nitrogen and oxygen atoms in total. The molecule has 1 amide bonds. The number of anilines is 1. The van der Waals surface area contributed by atoms with E-state index in [1.165, 1.54) is 12.1 Å². The normalized spacial score (nSPS) is 10.4. The maximum Gasteiger partial charge on any atom is 0.272 e. The van der Waals surface area contributed by atoms with Gasteiger partial charge in [-0.3, -0.25) is 14.9 Å². The highest BCUT2D eigenvalue weighted by atomic mass is 16.6. The van der Waals surface area contributed by atoms with E-state index in [-0.39, 0.29) is 18.2 Å². The van der Waals surface area contributed by atoms with Crippen LogP contribution >= 0.6 is 0 Å². The number of fused-ring (bicyclic) bond motifs is 1. The first-order valence-electron chi connectivity index (χ1n) is 7.70. The van der Waals surface area contributed by atoms with Gasteiger partial charge >= 0.3 is 0 Å². The van der Waals surface area contributed by atoms with Gasteiger partial charge in [0.25, 0.3) is 11.6 Å². The van der Waals surface area contributed by atoms with E-state index in [1.807, 2.05) is 42.5 Å². The number of benzene rings is 3. The van der Waals surface area contributed by atoms with Crippen molar-refractivity contribution < 1.29 is 14.5 Å². The first-order valence-corrected chi connectivity index (χ1v) is 7.70. The minimum Gasteiger partial charge on any atom is -0.484 e. The van der Waals surface area contributed by atoms with E-state index in [0.29, 0.717) is 17.0 Å². The summed E-state index contributed by atoms with van der Waals surface area (Å²) >= 11 is 0. The van der Waals surface area contributed by atoms with Crippen molar-refractivity contribution in [2.45, 2.75) is 6.92 Å². The molecule has 0 aliphatic rings. The van der Waals surface area contributed by atoms with E-state index in [9.17, 15) is 14.9 Å². The van der Waals surface area contributed by atoms with Crippen LogP contribution in [0.3, 0.4) is 0 Å². The summed E-state index contributed by atoms with van der Waals surface area (Å²) in [4.78, 5) is 22.5. The number of amides is 1. The summed E-state index contributed by atoms with van der Waals surface area (Å²) < 4.78 is 5.43. The molecular weight excluding hydrogens is 320 g/mol. The second-order valence-electron chi connectivity index (χ2n) is 5.57. The van der Waals surface area contributed by atoms with Gasteiger partial charge < -0.3 is 10.1 Å². The van der Waals surface area contributed by atoms with Crippen LogP contribution in [-0.2, 0) is 4.79 Å². The number of aryl methyl sites for hydroxylation is 1. The average Bonchev–Trinajstić information content (AvgIpc) is 2.60. The summed E-state index contributed by atoms with van der Waals surface area (Å²) in [7, 11) is 0. The van der Waals surface area contributed by atoms with Crippen LogP contribution in [0.25, 0.3) is 10.8 Å². The number of nitro groups is 1. The van der Waals surface area contributed by atoms with Crippen LogP contribution in [0.5, 0.6) is 5.75 Å². The number of nitrogens with one attached hydrogen (secondary N) is 1. The molecule has 1 N–H and O–H groups in total. The smallest absolute Gasteiger partial charge is 0.272 e. The number of ether oxygens (including phenoxy) is 1. The van der Waals surface area contributed by atoms with Gasteiger partial charge in [-0.1, -0.05) is 36.4 Å². The van der Waals surface area contributed by atoms with Gasteiger partial charge in [0.05, 0.1) is 4.92 Å². The van der Waals surface area contributed by atoms with E-state index >= 15 is 0 Å². The zero-order chi connectivity index (χ0) is 17.8. The number of hydrogen-bond donors (Lipinski definition) is 1. The molecule has 0 fully saturated rings. The van der Waals surface area contributed by atoms with Crippen LogP contribution in [0.4, 0.5) is 11.4 Å². The standard InChI is InChI=1S/C19H16N2O4/c1-13-11-15(9-10-18(13)21(23)24)25-12-19(22)20-17-8-4-6-14-5-2-3-7-16(14)17/h2-11H,12H2,1H3,(H,20,22). The van der Waals surface area contributed by atoms with Crippen molar-refractivity contribution in [3.05, 3.63) is 76.3 Å². The van der Waals surface area contributed by atoms with Crippen LogP contribution in [0.2, 0.25) is 0 Å². The number of hydrogen-bond acceptors (Lipinski definition) is 4. The third-order valence-electron chi connectivity index (χ3n) is 3.80. The van der Waals surface area contributed by atoms with Crippen LogP contribution in [0.15, 0.2) is 60.7 Å². The third-order valence-corrected chi connectivity index (χ3v) is 3.80. The van der Waals surface area contributed by atoms with Gasteiger partial charge in [-0.15, -0.1) is 0 Å². The fraction of sp³-hybridized carbons (Fsp3) is 0.105. The number of nitro benzene ring substituents is 1. The predicted molar refractivity (Wildman–Crippen MR) is 95.9 cm³/mol. The Morgan fingerprint density at radius 2 is 1.88 bits per heavy atom. The van der Waals surface area contributed by atoms with E-state index in [2.05, 4.69) is 5.32 Å². The van der Waals surface area contributed by atoms with Gasteiger partial charge in [-0.25, -0.2) is 0 Å². The summed E-state index contributed by atoms with van der Waals surface area (Å²) in [6, 6.07) is 17.8. The molecule has 0 bridgehead atoms. The highest BCUT2D eigenvalue weighted by molar-refractivity contribution is 6.02. The molecule has 0 atom stereocenters. The first-order chi connectivity index (χ1) is 12.0. The SMILES string of the molecule is Cc1cc(OCC(=O)Nc2cccc3ccccc23)ccc1[N+](=O)[O-].